The normalized spacial score (nSPS) is 22.4. The van der Waals surface area contributed by atoms with Crippen molar-refractivity contribution in [1.29, 1.82) is 0 Å². The maximum Gasteiger partial charge on any atom is 0.310 e. The maximum atomic E-state index is 12.7. The van der Waals surface area contributed by atoms with Crippen LogP contribution in [0.5, 0.6) is 0 Å². The third-order valence-electron chi connectivity index (χ3n) is 4.52. The molecule has 8 heteroatoms. The second kappa shape index (κ2) is 8.31. The summed E-state index contributed by atoms with van der Waals surface area (Å²) in [5, 5.41) is 2.88. The molecule has 0 spiro atoms. The zero-order chi connectivity index (χ0) is 18.7. The predicted octanol–water partition coefficient (Wildman–Crippen LogP) is 2.94. The van der Waals surface area contributed by atoms with E-state index in [4.69, 9.17) is 16.3 Å². The van der Waals surface area contributed by atoms with Crippen molar-refractivity contribution in [2.45, 2.75) is 36.3 Å². The van der Waals surface area contributed by atoms with Crippen LogP contribution in [-0.4, -0.2) is 47.6 Å². The van der Waals surface area contributed by atoms with E-state index in [1.54, 1.807) is 24.0 Å². The van der Waals surface area contributed by atoms with E-state index < -0.39 is 5.25 Å². The minimum Gasteiger partial charge on any atom is -0.466 e. The summed E-state index contributed by atoms with van der Waals surface area (Å²) in [5.74, 6) is -0.829. The molecule has 1 saturated heterocycles. The Bertz CT molecular complexity index is 727. The van der Waals surface area contributed by atoms with E-state index in [-0.39, 0.29) is 30.1 Å². The number of benzene rings is 1. The molecule has 6 nitrogen and oxygen atoms in total. The molecule has 1 N–H and O–H groups in total. The number of amides is 2. The molecule has 140 valence electrons. The van der Waals surface area contributed by atoms with Gasteiger partial charge in [0.05, 0.1) is 23.5 Å². The summed E-state index contributed by atoms with van der Waals surface area (Å²) in [6, 6.07) is 5.31. The zero-order valence-corrected chi connectivity index (χ0v) is 16.1. The average molecular weight is 397 g/mol. The zero-order valence-electron chi connectivity index (χ0n) is 14.5. The Kier molecular flexibility index (Phi) is 6.09. The first kappa shape index (κ1) is 19.0. The molecular weight excluding hydrogens is 376 g/mol. The molecule has 0 unspecified atom stereocenters. The van der Waals surface area contributed by atoms with E-state index in [9.17, 15) is 14.4 Å². The van der Waals surface area contributed by atoms with E-state index in [2.05, 4.69) is 5.32 Å². The van der Waals surface area contributed by atoms with E-state index >= 15 is 0 Å². The second-order valence-corrected chi connectivity index (χ2v) is 8.05. The Hall–Kier alpha value is -1.73. The molecule has 2 amide bonds. The molecule has 2 aliphatic rings. The van der Waals surface area contributed by atoms with Crippen molar-refractivity contribution in [3.63, 3.8) is 0 Å². The summed E-state index contributed by atoms with van der Waals surface area (Å²) in [6.07, 6.45) is 1.60. The van der Waals surface area contributed by atoms with Crippen molar-refractivity contribution in [2.75, 3.05) is 25.0 Å². The number of esters is 1. The maximum absolute atomic E-state index is 12.7. The quantitative estimate of drug-likeness (QED) is 0.792. The van der Waals surface area contributed by atoms with Gasteiger partial charge in [0, 0.05) is 29.4 Å². The van der Waals surface area contributed by atoms with Gasteiger partial charge in [-0.3, -0.25) is 14.4 Å². The van der Waals surface area contributed by atoms with Crippen LogP contribution in [0.4, 0.5) is 5.69 Å². The number of hydrogen-bond acceptors (Lipinski definition) is 5. The lowest BCUT2D eigenvalue weighted by molar-refractivity contribution is -0.151. The van der Waals surface area contributed by atoms with Gasteiger partial charge in [0.1, 0.15) is 0 Å². The Balaban J connectivity index is 1.61. The molecule has 0 aromatic heterocycles. The van der Waals surface area contributed by atoms with Crippen LogP contribution in [0.3, 0.4) is 0 Å². The molecule has 0 aliphatic carbocycles. The van der Waals surface area contributed by atoms with Crippen LogP contribution in [0.15, 0.2) is 23.1 Å². The Morgan fingerprint density at radius 3 is 3.00 bits per heavy atom. The van der Waals surface area contributed by atoms with Crippen molar-refractivity contribution >= 4 is 46.8 Å². The number of anilines is 1. The Morgan fingerprint density at radius 2 is 2.23 bits per heavy atom. The standard InChI is InChI=1S/C18H21ClN2O4S/c1-2-25-18(24)11-4-3-7-21(10-11)16(22)9-15-17(23)20-13-8-12(19)5-6-14(13)26-15/h5-6,8,11,15H,2-4,7,9-10H2,1H3,(H,20,23)/t11-,15+/m1/s1. The lowest BCUT2D eigenvalue weighted by atomic mass is 9.98. The number of likely N-dealkylation sites (tertiary alicyclic amines) is 1. The number of hydrogen-bond donors (Lipinski definition) is 1. The third kappa shape index (κ3) is 4.32. The number of carbonyl (C=O) groups excluding carboxylic acids is 3. The first-order chi connectivity index (χ1) is 12.5. The van der Waals surface area contributed by atoms with Crippen LogP contribution in [0, 0.1) is 5.92 Å². The average Bonchev–Trinajstić information content (AvgIpc) is 2.63. The first-order valence-electron chi connectivity index (χ1n) is 8.69. The molecule has 2 atom stereocenters. The van der Waals surface area contributed by atoms with Crippen LogP contribution in [0.2, 0.25) is 5.02 Å². The third-order valence-corrected chi connectivity index (χ3v) is 6.03. The van der Waals surface area contributed by atoms with Crippen LogP contribution < -0.4 is 5.32 Å². The van der Waals surface area contributed by atoms with Gasteiger partial charge in [-0.05, 0) is 38.0 Å². The number of thioether (sulfide) groups is 1. The van der Waals surface area contributed by atoms with Crippen LogP contribution in [0.25, 0.3) is 0 Å². The number of nitrogens with one attached hydrogen (secondary N) is 1. The summed E-state index contributed by atoms with van der Waals surface area (Å²) in [5.41, 5.74) is 0.677. The monoisotopic (exact) mass is 396 g/mol. The topological polar surface area (TPSA) is 75.7 Å². The van der Waals surface area contributed by atoms with Gasteiger partial charge in [-0.2, -0.15) is 0 Å². The highest BCUT2D eigenvalue weighted by atomic mass is 35.5. The summed E-state index contributed by atoms with van der Waals surface area (Å²) in [7, 11) is 0. The van der Waals surface area contributed by atoms with Crippen LogP contribution in [-0.2, 0) is 19.1 Å². The number of ether oxygens (including phenoxy) is 1. The van der Waals surface area contributed by atoms with Crippen LogP contribution in [0.1, 0.15) is 26.2 Å². The van der Waals surface area contributed by atoms with Gasteiger partial charge in [-0.1, -0.05) is 11.6 Å². The van der Waals surface area contributed by atoms with Gasteiger partial charge < -0.3 is 15.0 Å². The highest BCUT2D eigenvalue weighted by molar-refractivity contribution is 8.01. The van der Waals surface area contributed by atoms with E-state index in [1.807, 2.05) is 6.07 Å². The van der Waals surface area contributed by atoms with Crippen molar-refractivity contribution in [1.82, 2.24) is 4.90 Å². The van der Waals surface area contributed by atoms with Crippen molar-refractivity contribution in [2.24, 2.45) is 5.92 Å². The summed E-state index contributed by atoms with van der Waals surface area (Å²) < 4.78 is 5.07. The Labute approximate surface area is 161 Å². The van der Waals surface area contributed by atoms with Crippen LogP contribution >= 0.6 is 23.4 Å². The fraction of sp³-hybridized carbons (Fsp3) is 0.500. The van der Waals surface area contributed by atoms with E-state index in [1.165, 1.54) is 11.8 Å². The van der Waals surface area contributed by atoms with Gasteiger partial charge in [0.15, 0.2) is 0 Å². The number of piperidine rings is 1. The molecule has 0 bridgehead atoms. The van der Waals surface area contributed by atoms with Gasteiger partial charge in [-0.15, -0.1) is 11.8 Å². The summed E-state index contributed by atoms with van der Waals surface area (Å²) in [6.45, 7) is 3.09. The molecule has 0 saturated carbocycles. The molecule has 0 radical (unpaired) electrons. The lowest BCUT2D eigenvalue weighted by Crippen LogP contribution is -2.44. The summed E-state index contributed by atoms with van der Waals surface area (Å²) >= 11 is 7.32. The van der Waals surface area contributed by atoms with Gasteiger partial charge >= 0.3 is 5.97 Å². The fourth-order valence-corrected chi connectivity index (χ4v) is 4.45. The minimum atomic E-state index is -0.487. The first-order valence-corrected chi connectivity index (χ1v) is 9.95. The molecule has 1 fully saturated rings. The molecule has 2 heterocycles. The lowest BCUT2D eigenvalue weighted by Gasteiger charge is -2.33. The molecular formula is C18H21ClN2O4S. The number of nitrogens with zero attached hydrogens (tertiary/aromatic N) is 1. The van der Waals surface area contributed by atoms with Crippen molar-refractivity contribution in [3.05, 3.63) is 23.2 Å². The van der Waals surface area contributed by atoms with Crippen molar-refractivity contribution < 1.29 is 19.1 Å². The smallest absolute Gasteiger partial charge is 0.310 e. The number of fused-ring (bicyclic) bond motifs is 1. The predicted molar refractivity (Wildman–Crippen MR) is 100 cm³/mol. The van der Waals surface area contributed by atoms with Gasteiger partial charge in [-0.25, -0.2) is 0 Å². The van der Waals surface area contributed by atoms with Gasteiger partial charge in [0.25, 0.3) is 0 Å². The molecule has 3 rings (SSSR count). The van der Waals surface area contributed by atoms with E-state index in [0.29, 0.717) is 30.4 Å². The molecule has 1 aromatic rings. The highest BCUT2D eigenvalue weighted by Gasteiger charge is 2.34. The minimum absolute atomic E-state index is 0.105. The fourth-order valence-electron chi connectivity index (χ4n) is 3.20. The molecule has 1 aromatic carbocycles. The Morgan fingerprint density at radius 1 is 1.42 bits per heavy atom. The number of halogens is 1. The van der Waals surface area contributed by atoms with E-state index in [0.717, 1.165) is 17.7 Å². The number of rotatable bonds is 4. The SMILES string of the molecule is CCOC(=O)[C@@H]1CCCN(C(=O)C[C@@H]2Sc3ccc(Cl)cc3NC2=O)C1. The van der Waals surface area contributed by atoms with Crippen molar-refractivity contribution in [3.8, 4) is 0 Å². The second-order valence-electron chi connectivity index (χ2n) is 6.37. The summed E-state index contributed by atoms with van der Waals surface area (Å²) in [4.78, 5) is 39.5. The number of carbonyl (C=O) groups is 3. The molecule has 2 aliphatic heterocycles. The van der Waals surface area contributed by atoms with Gasteiger partial charge in [0.2, 0.25) is 11.8 Å². The molecule has 26 heavy (non-hydrogen) atoms. The highest BCUT2D eigenvalue weighted by Crippen LogP contribution is 2.38. The largest absolute Gasteiger partial charge is 0.466 e.